The van der Waals surface area contributed by atoms with Gasteiger partial charge in [0.25, 0.3) is 11.8 Å². The molecular formula is C22H24N4O3. The summed E-state index contributed by atoms with van der Waals surface area (Å²) in [5.74, 6) is 0.260. The number of nitrogens with one attached hydrogen (secondary N) is 2. The minimum atomic E-state index is -0.348. The van der Waals surface area contributed by atoms with E-state index in [0.717, 1.165) is 25.7 Å². The van der Waals surface area contributed by atoms with Gasteiger partial charge in [0, 0.05) is 17.8 Å². The van der Waals surface area contributed by atoms with Crippen molar-refractivity contribution in [3.63, 3.8) is 0 Å². The van der Waals surface area contributed by atoms with E-state index in [-0.39, 0.29) is 23.7 Å². The number of aromatic nitrogens is 2. The second-order valence-corrected chi connectivity index (χ2v) is 7.23. The Morgan fingerprint density at radius 2 is 1.90 bits per heavy atom. The topological polar surface area (TPSA) is 84.7 Å². The molecule has 7 nitrogen and oxygen atoms in total. The summed E-state index contributed by atoms with van der Waals surface area (Å²) in [7, 11) is 1.55. The van der Waals surface area contributed by atoms with E-state index in [9.17, 15) is 9.59 Å². The van der Waals surface area contributed by atoms with Crippen LogP contribution in [0, 0.1) is 0 Å². The molecule has 3 aromatic rings. The van der Waals surface area contributed by atoms with Gasteiger partial charge in [0.1, 0.15) is 11.4 Å². The van der Waals surface area contributed by atoms with Gasteiger partial charge in [0.15, 0.2) is 11.5 Å². The number of hydrogen-bond acceptors (Lipinski definition) is 4. The predicted molar refractivity (Wildman–Crippen MR) is 110 cm³/mol. The zero-order valence-electron chi connectivity index (χ0n) is 16.4. The average molecular weight is 392 g/mol. The van der Waals surface area contributed by atoms with Crippen LogP contribution < -0.4 is 15.4 Å². The van der Waals surface area contributed by atoms with E-state index in [0.29, 0.717) is 22.7 Å². The highest BCUT2D eigenvalue weighted by atomic mass is 16.5. The fourth-order valence-corrected chi connectivity index (χ4v) is 3.74. The largest absolute Gasteiger partial charge is 0.497 e. The van der Waals surface area contributed by atoms with Crippen molar-refractivity contribution >= 4 is 23.3 Å². The van der Waals surface area contributed by atoms with Crippen molar-refractivity contribution in [2.75, 3.05) is 12.4 Å². The molecule has 7 heteroatoms. The van der Waals surface area contributed by atoms with Gasteiger partial charge in [-0.1, -0.05) is 31.4 Å². The van der Waals surface area contributed by atoms with Crippen molar-refractivity contribution in [3.05, 3.63) is 59.9 Å². The molecule has 1 aromatic carbocycles. The first-order valence-electron chi connectivity index (χ1n) is 9.89. The molecule has 2 amide bonds. The Labute approximate surface area is 169 Å². The third-order valence-electron chi connectivity index (χ3n) is 5.25. The number of pyridine rings is 1. The van der Waals surface area contributed by atoms with Crippen molar-refractivity contribution in [2.24, 2.45) is 0 Å². The van der Waals surface area contributed by atoms with Crippen LogP contribution in [0.5, 0.6) is 5.75 Å². The lowest BCUT2D eigenvalue weighted by molar-refractivity contribution is 0.0922. The SMILES string of the molecule is COc1cccc(C(=O)Nc2nc3ccccn3c2C(=O)NC2CCCCC2)c1. The third-order valence-corrected chi connectivity index (χ3v) is 5.25. The van der Waals surface area contributed by atoms with Crippen LogP contribution in [-0.2, 0) is 0 Å². The summed E-state index contributed by atoms with van der Waals surface area (Å²) in [6.45, 7) is 0. The van der Waals surface area contributed by atoms with Crippen LogP contribution >= 0.6 is 0 Å². The summed E-state index contributed by atoms with van der Waals surface area (Å²) in [6, 6.07) is 12.5. The van der Waals surface area contributed by atoms with Crippen LogP contribution in [0.2, 0.25) is 0 Å². The van der Waals surface area contributed by atoms with Crippen molar-refractivity contribution in [2.45, 2.75) is 38.1 Å². The monoisotopic (exact) mass is 392 g/mol. The smallest absolute Gasteiger partial charge is 0.272 e. The molecule has 0 radical (unpaired) electrons. The number of methoxy groups -OCH3 is 1. The van der Waals surface area contributed by atoms with Gasteiger partial charge in [-0.15, -0.1) is 0 Å². The maximum Gasteiger partial charge on any atom is 0.272 e. The number of imidazole rings is 1. The van der Waals surface area contributed by atoms with Crippen molar-refractivity contribution in [3.8, 4) is 5.75 Å². The molecule has 1 saturated carbocycles. The van der Waals surface area contributed by atoms with Gasteiger partial charge in [0.2, 0.25) is 0 Å². The lowest BCUT2D eigenvalue weighted by atomic mass is 9.95. The van der Waals surface area contributed by atoms with E-state index in [1.54, 1.807) is 48.0 Å². The molecule has 0 saturated heterocycles. The molecular weight excluding hydrogens is 368 g/mol. The quantitative estimate of drug-likeness (QED) is 0.694. The first-order chi connectivity index (χ1) is 14.2. The lowest BCUT2D eigenvalue weighted by Gasteiger charge is -2.22. The first-order valence-corrected chi connectivity index (χ1v) is 9.89. The minimum absolute atomic E-state index is 0.160. The number of benzene rings is 1. The number of fused-ring (bicyclic) bond motifs is 1. The van der Waals surface area contributed by atoms with Crippen LogP contribution in [0.4, 0.5) is 5.82 Å². The number of amides is 2. The molecule has 0 spiro atoms. The number of anilines is 1. The summed E-state index contributed by atoms with van der Waals surface area (Å²) < 4.78 is 6.89. The normalized spacial score (nSPS) is 14.5. The Kier molecular flexibility index (Phi) is 5.46. The minimum Gasteiger partial charge on any atom is -0.497 e. The molecule has 1 fully saturated rings. The highest BCUT2D eigenvalue weighted by molar-refractivity contribution is 6.08. The number of ether oxygens (including phenoxy) is 1. The molecule has 0 atom stereocenters. The second-order valence-electron chi connectivity index (χ2n) is 7.23. The van der Waals surface area contributed by atoms with Gasteiger partial charge in [-0.3, -0.25) is 14.0 Å². The Morgan fingerprint density at radius 3 is 2.69 bits per heavy atom. The standard InChI is InChI=1S/C22H24N4O3/c1-29-17-11-7-8-15(14-17)21(27)25-20-19(26-13-6-5-12-18(26)24-20)22(28)23-16-9-3-2-4-10-16/h5-8,11-14,16H,2-4,9-10H2,1H3,(H,23,28)(H,25,27). The molecule has 1 aliphatic carbocycles. The van der Waals surface area contributed by atoms with Crippen molar-refractivity contribution in [1.82, 2.24) is 14.7 Å². The number of hydrogen-bond donors (Lipinski definition) is 2. The maximum atomic E-state index is 13.1. The van der Waals surface area contributed by atoms with Gasteiger partial charge in [-0.05, 0) is 43.2 Å². The lowest BCUT2D eigenvalue weighted by Crippen LogP contribution is -2.37. The number of carbonyl (C=O) groups is 2. The summed E-state index contributed by atoms with van der Waals surface area (Å²) in [6.07, 6.45) is 7.19. The van der Waals surface area contributed by atoms with Crippen LogP contribution in [0.1, 0.15) is 53.0 Å². The van der Waals surface area contributed by atoms with E-state index >= 15 is 0 Å². The zero-order valence-corrected chi connectivity index (χ0v) is 16.4. The summed E-state index contributed by atoms with van der Waals surface area (Å²) >= 11 is 0. The summed E-state index contributed by atoms with van der Waals surface area (Å²) in [4.78, 5) is 30.3. The molecule has 2 aromatic heterocycles. The van der Waals surface area contributed by atoms with Crippen molar-refractivity contribution in [1.29, 1.82) is 0 Å². The zero-order chi connectivity index (χ0) is 20.2. The molecule has 2 heterocycles. The van der Waals surface area contributed by atoms with Gasteiger partial charge in [0.05, 0.1) is 7.11 Å². The highest BCUT2D eigenvalue weighted by Gasteiger charge is 2.24. The van der Waals surface area contributed by atoms with E-state index in [1.165, 1.54) is 6.42 Å². The van der Waals surface area contributed by atoms with Crippen molar-refractivity contribution < 1.29 is 14.3 Å². The number of nitrogens with zero attached hydrogens (tertiary/aromatic N) is 2. The Balaban J connectivity index is 1.63. The van der Waals surface area contributed by atoms with Crippen LogP contribution in [-0.4, -0.2) is 34.4 Å². The molecule has 29 heavy (non-hydrogen) atoms. The molecule has 1 aliphatic rings. The van der Waals surface area contributed by atoms with E-state index in [1.807, 2.05) is 12.1 Å². The van der Waals surface area contributed by atoms with E-state index < -0.39 is 0 Å². The Hall–Kier alpha value is -3.35. The second kappa shape index (κ2) is 8.34. The summed E-state index contributed by atoms with van der Waals surface area (Å²) in [5, 5.41) is 5.91. The van der Waals surface area contributed by atoms with Gasteiger partial charge in [-0.2, -0.15) is 0 Å². The first kappa shape index (κ1) is 19.0. The van der Waals surface area contributed by atoms with Gasteiger partial charge >= 0.3 is 0 Å². The van der Waals surface area contributed by atoms with E-state index in [4.69, 9.17) is 4.74 Å². The Morgan fingerprint density at radius 1 is 1.07 bits per heavy atom. The van der Waals surface area contributed by atoms with E-state index in [2.05, 4.69) is 15.6 Å². The molecule has 150 valence electrons. The van der Waals surface area contributed by atoms with Crippen LogP contribution in [0.3, 0.4) is 0 Å². The molecule has 0 bridgehead atoms. The fraction of sp³-hybridized carbons (Fsp3) is 0.318. The molecule has 0 aliphatic heterocycles. The molecule has 0 unspecified atom stereocenters. The molecule has 2 N–H and O–H groups in total. The average Bonchev–Trinajstić information content (AvgIpc) is 3.12. The number of carbonyl (C=O) groups excluding carboxylic acids is 2. The van der Waals surface area contributed by atoms with Gasteiger partial charge in [-0.25, -0.2) is 4.98 Å². The fourth-order valence-electron chi connectivity index (χ4n) is 3.74. The van der Waals surface area contributed by atoms with Gasteiger partial charge < -0.3 is 15.4 Å². The predicted octanol–water partition coefficient (Wildman–Crippen LogP) is 3.66. The Bertz CT molecular complexity index is 1040. The molecule has 4 rings (SSSR count). The highest BCUT2D eigenvalue weighted by Crippen LogP contribution is 2.22. The number of rotatable bonds is 5. The van der Waals surface area contributed by atoms with Crippen LogP contribution in [0.15, 0.2) is 48.7 Å². The third kappa shape index (κ3) is 4.08. The summed E-state index contributed by atoms with van der Waals surface area (Å²) in [5.41, 5.74) is 1.37. The maximum absolute atomic E-state index is 13.1. The van der Waals surface area contributed by atoms with Crippen LogP contribution in [0.25, 0.3) is 5.65 Å².